The minimum absolute atomic E-state index is 0.0124. The lowest BCUT2D eigenvalue weighted by Crippen LogP contribution is -2.63. The van der Waals surface area contributed by atoms with Crippen molar-refractivity contribution in [1.29, 1.82) is 5.26 Å². The van der Waals surface area contributed by atoms with Gasteiger partial charge in [-0.15, -0.1) is 5.10 Å². The fourth-order valence-electron chi connectivity index (χ4n) is 6.17. The molecule has 1 N–H and O–H groups in total. The van der Waals surface area contributed by atoms with Gasteiger partial charge in [0.1, 0.15) is 12.1 Å². The highest BCUT2D eigenvalue weighted by molar-refractivity contribution is 9.10. The molecule has 0 aliphatic carbocycles. The Hall–Kier alpha value is -4.49. The average Bonchev–Trinajstić information content (AvgIpc) is 3.70. The van der Waals surface area contributed by atoms with E-state index in [1.165, 1.54) is 4.90 Å². The molecular weight excluding hydrogens is 644 g/mol. The number of halogens is 1. The number of likely N-dealkylation sites (N-methyl/N-ethyl adjacent to an activating group) is 1. The zero-order valence-corrected chi connectivity index (χ0v) is 27.0. The standard InChI is InChI=1S/C29H35BrN12O3/c1-28(2,13-21-14-32-39(16-21)18-24(43)37-11-9-36(3)10-12-37)42(27(44)45)26-34-25-23(5-4-8-40(25)35-26)38-19-29(20-38,6-7-31)41-17-22(30)15-33-41/h4-5,8,14-17H,6,9-13,18-20H2,1-3H3,(H,44,45). The quantitative estimate of drug-likeness (QED) is 0.279. The van der Waals surface area contributed by atoms with Gasteiger partial charge < -0.3 is 19.8 Å². The second-order valence-corrected chi connectivity index (χ2v) is 13.3. The van der Waals surface area contributed by atoms with Crippen LogP contribution in [-0.4, -0.2) is 113 Å². The van der Waals surface area contributed by atoms with Gasteiger partial charge in [-0.3, -0.25) is 14.2 Å². The summed E-state index contributed by atoms with van der Waals surface area (Å²) in [6, 6.07) is 6.04. The Labute approximate surface area is 268 Å². The van der Waals surface area contributed by atoms with E-state index in [1.807, 2.05) is 48.8 Å². The van der Waals surface area contributed by atoms with Gasteiger partial charge in [0.15, 0.2) is 5.65 Å². The van der Waals surface area contributed by atoms with E-state index < -0.39 is 17.2 Å². The summed E-state index contributed by atoms with van der Waals surface area (Å²) < 4.78 is 5.84. The lowest BCUT2D eigenvalue weighted by atomic mass is 9.86. The first-order valence-electron chi connectivity index (χ1n) is 14.7. The van der Waals surface area contributed by atoms with E-state index in [4.69, 9.17) is 4.98 Å². The van der Waals surface area contributed by atoms with Crippen LogP contribution in [-0.2, 0) is 23.3 Å². The topological polar surface area (TPSA) is 157 Å². The number of rotatable bonds is 9. The minimum Gasteiger partial charge on any atom is -0.465 e. The molecule has 236 valence electrons. The molecule has 2 fully saturated rings. The van der Waals surface area contributed by atoms with Gasteiger partial charge in [-0.1, -0.05) is 0 Å². The summed E-state index contributed by atoms with van der Waals surface area (Å²) in [4.78, 5) is 37.5. The second-order valence-electron chi connectivity index (χ2n) is 12.4. The van der Waals surface area contributed by atoms with Crippen molar-refractivity contribution in [2.45, 2.75) is 44.3 Å². The fourth-order valence-corrected chi connectivity index (χ4v) is 6.46. The maximum Gasteiger partial charge on any atom is 0.414 e. The number of pyridine rings is 1. The van der Waals surface area contributed by atoms with Crippen LogP contribution in [0.4, 0.5) is 16.4 Å². The number of piperazine rings is 1. The maximum atomic E-state index is 12.8. The predicted molar refractivity (Wildman–Crippen MR) is 168 cm³/mol. The summed E-state index contributed by atoms with van der Waals surface area (Å²) in [6.45, 7) is 7.90. The number of hydrogen-bond donors (Lipinski definition) is 1. The Bertz CT molecular complexity index is 1760. The van der Waals surface area contributed by atoms with Crippen LogP contribution in [0.5, 0.6) is 0 Å². The van der Waals surface area contributed by atoms with Gasteiger partial charge in [0.25, 0.3) is 5.95 Å². The van der Waals surface area contributed by atoms with Crippen LogP contribution >= 0.6 is 15.9 Å². The van der Waals surface area contributed by atoms with Crippen LogP contribution in [0.1, 0.15) is 25.8 Å². The number of carbonyl (C=O) groups is 2. The number of aromatic nitrogens is 7. The first-order valence-corrected chi connectivity index (χ1v) is 15.5. The molecule has 6 rings (SSSR count). The molecule has 0 radical (unpaired) electrons. The van der Waals surface area contributed by atoms with Crippen LogP contribution in [0.15, 0.2) is 47.6 Å². The zero-order valence-electron chi connectivity index (χ0n) is 25.4. The molecule has 4 aromatic rings. The van der Waals surface area contributed by atoms with Crippen molar-refractivity contribution in [3.63, 3.8) is 0 Å². The molecule has 16 heteroatoms. The first-order chi connectivity index (χ1) is 21.5. The average molecular weight is 680 g/mol. The van der Waals surface area contributed by atoms with E-state index in [9.17, 15) is 20.0 Å². The van der Waals surface area contributed by atoms with Crippen LogP contribution in [0.2, 0.25) is 0 Å². The van der Waals surface area contributed by atoms with Crippen LogP contribution in [0.25, 0.3) is 5.65 Å². The van der Waals surface area contributed by atoms with E-state index in [1.54, 1.807) is 34.0 Å². The Kier molecular flexibility index (Phi) is 8.00. The van der Waals surface area contributed by atoms with Crippen LogP contribution in [0, 0.1) is 11.3 Å². The van der Waals surface area contributed by atoms with Crippen molar-refractivity contribution >= 4 is 45.2 Å². The second kappa shape index (κ2) is 11.8. The van der Waals surface area contributed by atoms with Crippen molar-refractivity contribution in [3.05, 3.63) is 53.2 Å². The molecule has 0 spiro atoms. The lowest BCUT2D eigenvalue weighted by Gasteiger charge is -2.50. The van der Waals surface area contributed by atoms with Crippen LogP contribution < -0.4 is 9.80 Å². The minimum atomic E-state index is -1.18. The highest BCUT2D eigenvalue weighted by Crippen LogP contribution is 2.38. The molecule has 0 bridgehead atoms. The molecule has 4 aromatic heterocycles. The summed E-state index contributed by atoms with van der Waals surface area (Å²) in [6.07, 6.45) is 8.20. The van der Waals surface area contributed by atoms with Gasteiger partial charge in [0, 0.05) is 57.9 Å². The van der Waals surface area contributed by atoms with Gasteiger partial charge in [-0.25, -0.2) is 14.2 Å². The molecule has 2 amide bonds. The predicted octanol–water partition coefficient (Wildman–Crippen LogP) is 2.29. The molecule has 0 atom stereocenters. The molecule has 15 nitrogen and oxygen atoms in total. The van der Waals surface area contributed by atoms with Gasteiger partial charge in [0.2, 0.25) is 5.91 Å². The monoisotopic (exact) mass is 678 g/mol. The SMILES string of the molecule is CN1CCN(C(=O)Cn2cc(CC(C)(C)N(C(=O)O)c3nc4c(N5CC(CC#N)(n6cc(Br)cn6)C5)cccn4n3)cn2)CC1. The highest BCUT2D eigenvalue weighted by Gasteiger charge is 2.46. The Morgan fingerprint density at radius 1 is 1.16 bits per heavy atom. The number of carboxylic acid groups (broad SMARTS) is 1. The smallest absolute Gasteiger partial charge is 0.414 e. The molecule has 2 aliphatic rings. The third-order valence-electron chi connectivity index (χ3n) is 8.56. The van der Waals surface area contributed by atoms with E-state index in [2.05, 4.69) is 47.1 Å². The maximum absolute atomic E-state index is 12.8. The van der Waals surface area contributed by atoms with E-state index in [0.29, 0.717) is 44.7 Å². The zero-order chi connectivity index (χ0) is 31.9. The fraction of sp³-hybridized carbons (Fsp3) is 0.483. The largest absolute Gasteiger partial charge is 0.465 e. The van der Waals surface area contributed by atoms with Crippen molar-refractivity contribution in [1.82, 2.24) is 44.0 Å². The molecule has 0 aromatic carbocycles. The van der Waals surface area contributed by atoms with E-state index in [0.717, 1.165) is 28.8 Å². The molecular formula is C29H35BrN12O3. The molecule has 2 aliphatic heterocycles. The van der Waals surface area contributed by atoms with Crippen molar-refractivity contribution < 1.29 is 14.7 Å². The summed E-state index contributed by atoms with van der Waals surface area (Å²) >= 11 is 3.44. The third-order valence-corrected chi connectivity index (χ3v) is 8.97. The first kappa shape index (κ1) is 30.5. The Morgan fingerprint density at radius 2 is 1.91 bits per heavy atom. The summed E-state index contributed by atoms with van der Waals surface area (Å²) in [5.41, 5.74) is 0.660. The highest BCUT2D eigenvalue weighted by atomic mass is 79.9. The van der Waals surface area contributed by atoms with Crippen LogP contribution in [0.3, 0.4) is 0 Å². The van der Waals surface area contributed by atoms with E-state index in [-0.39, 0.29) is 18.4 Å². The van der Waals surface area contributed by atoms with Gasteiger partial charge >= 0.3 is 6.09 Å². The number of nitrogens with zero attached hydrogens (tertiary/aromatic N) is 12. The van der Waals surface area contributed by atoms with E-state index >= 15 is 0 Å². The summed E-state index contributed by atoms with van der Waals surface area (Å²) in [5.74, 6) is 0.0656. The number of hydrogen-bond acceptors (Lipinski definition) is 9. The molecule has 2 saturated heterocycles. The molecule has 0 saturated carbocycles. The van der Waals surface area contributed by atoms with Gasteiger partial charge in [-0.05, 0) is 60.9 Å². The number of nitriles is 1. The van der Waals surface area contributed by atoms with Gasteiger partial charge in [0.05, 0.1) is 40.6 Å². The Balaban J connectivity index is 1.19. The molecule has 6 heterocycles. The third kappa shape index (κ3) is 5.97. The molecule has 45 heavy (non-hydrogen) atoms. The lowest BCUT2D eigenvalue weighted by molar-refractivity contribution is -0.133. The molecule has 0 unspecified atom stereocenters. The summed E-state index contributed by atoms with van der Waals surface area (Å²) in [7, 11) is 2.04. The van der Waals surface area contributed by atoms with Crippen molar-refractivity contribution in [2.75, 3.05) is 56.1 Å². The number of amides is 2. The van der Waals surface area contributed by atoms with Crippen molar-refractivity contribution in [2.24, 2.45) is 0 Å². The number of anilines is 2. The normalized spacial score (nSPS) is 16.9. The Morgan fingerprint density at radius 3 is 2.58 bits per heavy atom. The van der Waals surface area contributed by atoms with Crippen molar-refractivity contribution in [3.8, 4) is 6.07 Å². The number of carbonyl (C=O) groups excluding carboxylic acids is 1. The summed E-state index contributed by atoms with van der Waals surface area (Å²) in [5, 5.41) is 33.2. The van der Waals surface area contributed by atoms with Gasteiger partial charge in [-0.2, -0.15) is 20.4 Å². The number of fused-ring (bicyclic) bond motifs is 1.